The van der Waals surface area contributed by atoms with Crippen LogP contribution < -0.4 is 5.32 Å². The lowest BCUT2D eigenvalue weighted by atomic mass is 10.1. The Morgan fingerprint density at radius 1 is 1.30 bits per heavy atom. The van der Waals surface area contributed by atoms with Gasteiger partial charge >= 0.3 is 0 Å². The molecule has 3 rings (SSSR count). The van der Waals surface area contributed by atoms with Crippen LogP contribution in [0.15, 0.2) is 48.8 Å². The van der Waals surface area contributed by atoms with E-state index in [2.05, 4.69) is 20.5 Å². The van der Waals surface area contributed by atoms with Crippen molar-refractivity contribution >= 4 is 11.6 Å². The molecule has 0 aliphatic carbocycles. The highest BCUT2D eigenvalue weighted by Crippen LogP contribution is 2.24. The van der Waals surface area contributed by atoms with Crippen LogP contribution in [0.3, 0.4) is 0 Å². The summed E-state index contributed by atoms with van der Waals surface area (Å²) in [5, 5.41) is 9.38. The molecule has 0 unspecified atom stereocenters. The fourth-order valence-electron chi connectivity index (χ4n) is 2.24. The fraction of sp³-hybridized carbons (Fsp3) is 0.118. The first-order chi connectivity index (χ1) is 11.2. The number of aromatic amines is 1. The van der Waals surface area contributed by atoms with Crippen molar-refractivity contribution in [3.8, 4) is 11.4 Å². The topological polar surface area (TPSA) is 70.7 Å². The van der Waals surface area contributed by atoms with E-state index in [0.717, 1.165) is 5.56 Å². The molecule has 5 nitrogen and oxygen atoms in total. The number of halogens is 1. The van der Waals surface area contributed by atoms with E-state index in [4.69, 9.17) is 0 Å². The van der Waals surface area contributed by atoms with Crippen molar-refractivity contribution in [2.75, 3.05) is 5.32 Å². The van der Waals surface area contributed by atoms with Gasteiger partial charge in [0.1, 0.15) is 11.5 Å². The van der Waals surface area contributed by atoms with Gasteiger partial charge in [-0.2, -0.15) is 5.10 Å². The van der Waals surface area contributed by atoms with Crippen molar-refractivity contribution in [3.05, 3.63) is 65.7 Å². The van der Waals surface area contributed by atoms with Gasteiger partial charge in [-0.1, -0.05) is 19.1 Å². The van der Waals surface area contributed by atoms with Crippen LogP contribution in [0.25, 0.3) is 11.4 Å². The van der Waals surface area contributed by atoms with E-state index < -0.39 is 11.7 Å². The molecule has 3 aromatic rings. The molecule has 0 radical (unpaired) electrons. The maximum absolute atomic E-state index is 14.0. The number of rotatable bonds is 4. The summed E-state index contributed by atoms with van der Waals surface area (Å²) in [7, 11) is 0. The molecular weight excluding hydrogens is 295 g/mol. The van der Waals surface area contributed by atoms with Crippen LogP contribution in [0, 0.1) is 5.82 Å². The Bertz CT molecular complexity index is 830. The lowest BCUT2D eigenvalue weighted by molar-refractivity contribution is 0.102. The molecule has 1 amide bonds. The largest absolute Gasteiger partial charge is 0.319 e. The summed E-state index contributed by atoms with van der Waals surface area (Å²) in [6.07, 6.45) is 3.83. The second kappa shape index (κ2) is 6.39. The third-order valence-corrected chi connectivity index (χ3v) is 3.49. The molecular formula is C17H15FN4O. The number of hydrogen-bond acceptors (Lipinski definition) is 3. The predicted molar refractivity (Wildman–Crippen MR) is 85.5 cm³/mol. The lowest BCUT2D eigenvalue weighted by Crippen LogP contribution is -2.14. The number of carbonyl (C=O) groups is 1. The van der Waals surface area contributed by atoms with E-state index in [1.807, 2.05) is 13.0 Å². The van der Waals surface area contributed by atoms with Crippen molar-refractivity contribution in [2.24, 2.45) is 0 Å². The van der Waals surface area contributed by atoms with Crippen LogP contribution in [0.4, 0.5) is 10.1 Å². The number of hydrogen-bond donors (Lipinski definition) is 2. The summed E-state index contributed by atoms with van der Waals surface area (Å²) in [6.45, 7) is 1.93. The molecule has 6 heteroatoms. The Morgan fingerprint density at radius 2 is 2.17 bits per heavy atom. The first-order valence-electron chi connectivity index (χ1n) is 7.23. The normalized spacial score (nSPS) is 10.5. The molecule has 0 aliphatic heterocycles. The van der Waals surface area contributed by atoms with E-state index in [1.54, 1.807) is 24.4 Å². The Labute approximate surface area is 132 Å². The molecule has 2 aromatic heterocycles. The van der Waals surface area contributed by atoms with Crippen LogP contribution >= 0.6 is 0 Å². The Balaban J connectivity index is 1.86. The highest BCUT2D eigenvalue weighted by Gasteiger charge is 2.16. The van der Waals surface area contributed by atoms with Crippen molar-refractivity contribution in [1.29, 1.82) is 0 Å². The van der Waals surface area contributed by atoms with Gasteiger partial charge in [-0.3, -0.25) is 14.9 Å². The standard InChI is InChI=1S/C17H15FN4O/c1-2-11-6-7-12(13(18)9-11)17(23)21-15-10-20-22-16(15)14-5-3-4-8-19-14/h3-10H,2H2,1H3,(H,20,22)(H,21,23). The minimum absolute atomic E-state index is 0.00429. The van der Waals surface area contributed by atoms with Gasteiger partial charge < -0.3 is 5.32 Å². The predicted octanol–water partition coefficient (Wildman–Crippen LogP) is 3.43. The molecule has 0 fully saturated rings. The van der Waals surface area contributed by atoms with Gasteiger partial charge in [0.25, 0.3) is 5.91 Å². The summed E-state index contributed by atoms with van der Waals surface area (Å²) < 4.78 is 14.0. The number of aromatic nitrogens is 3. The first kappa shape index (κ1) is 14.9. The first-order valence-corrected chi connectivity index (χ1v) is 7.23. The van der Waals surface area contributed by atoms with Gasteiger partial charge in [-0.15, -0.1) is 0 Å². The quantitative estimate of drug-likeness (QED) is 0.775. The monoisotopic (exact) mass is 310 g/mol. The molecule has 0 saturated carbocycles. The van der Waals surface area contributed by atoms with Crippen molar-refractivity contribution in [3.63, 3.8) is 0 Å². The summed E-state index contributed by atoms with van der Waals surface area (Å²) in [5.74, 6) is -1.06. The third kappa shape index (κ3) is 3.11. The number of benzene rings is 1. The van der Waals surface area contributed by atoms with Crippen molar-refractivity contribution < 1.29 is 9.18 Å². The van der Waals surface area contributed by atoms with Crippen molar-refractivity contribution in [2.45, 2.75) is 13.3 Å². The Kier molecular flexibility index (Phi) is 4.14. The molecule has 0 aliphatic rings. The maximum atomic E-state index is 14.0. The van der Waals surface area contributed by atoms with E-state index in [9.17, 15) is 9.18 Å². The minimum atomic E-state index is -0.537. The van der Waals surface area contributed by atoms with Crippen LogP contribution in [0.2, 0.25) is 0 Å². The average Bonchev–Trinajstić information content (AvgIpc) is 3.03. The molecule has 2 heterocycles. The lowest BCUT2D eigenvalue weighted by Gasteiger charge is -2.07. The molecule has 0 spiro atoms. The van der Waals surface area contributed by atoms with E-state index in [0.29, 0.717) is 23.5 Å². The number of nitrogens with zero attached hydrogens (tertiary/aromatic N) is 2. The molecule has 116 valence electrons. The summed E-state index contributed by atoms with van der Waals surface area (Å²) in [5.41, 5.74) is 2.51. The molecule has 2 N–H and O–H groups in total. The van der Waals surface area contributed by atoms with Crippen LogP contribution in [-0.2, 0) is 6.42 Å². The molecule has 23 heavy (non-hydrogen) atoms. The number of pyridine rings is 1. The van der Waals surface area contributed by atoms with Gasteiger partial charge in [-0.25, -0.2) is 4.39 Å². The zero-order chi connectivity index (χ0) is 16.2. The van der Waals surface area contributed by atoms with Crippen LogP contribution in [-0.4, -0.2) is 21.1 Å². The second-order valence-corrected chi connectivity index (χ2v) is 5.00. The SMILES string of the molecule is CCc1ccc(C(=O)Nc2cn[nH]c2-c2ccccn2)c(F)c1. The third-order valence-electron chi connectivity index (χ3n) is 3.49. The number of nitrogens with one attached hydrogen (secondary N) is 2. The highest BCUT2D eigenvalue weighted by molar-refractivity contribution is 6.05. The molecule has 1 aromatic carbocycles. The Hall–Kier alpha value is -3.02. The highest BCUT2D eigenvalue weighted by atomic mass is 19.1. The summed E-state index contributed by atoms with van der Waals surface area (Å²) >= 11 is 0. The number of carbonyl (C=O) groups excluding carboxylic acids is 1. The zero-order valence-corrected chi connectivity index (χ0v) is 12.5. The zero-order valence-electron chi connectivity index (χ0n) is 12.5. The molecule has 0 atom stereocenters. The number of aryl methyl sites for hydroxylation is 1. The van der Waals surface area contributed by atoms with Gasteiger partial charge in [0.2, 0.25) is 0 Å². The minimum Gasteiger partial charge on any atom is -0.319 e. The molecule has 0 bridgehead atoms. The smallest absolute Gasteiger partial charge is 0.258 e. The summed E-state index contributed by atoms with van der Waals surface area (Å²) in [4.78, 5) is 16.5. The number of H-pyrrole nitrogens is 1. The van der Waals surface area contributed by atoms with Gasteiger partial charge in [-0.05, 0) is 36.2 Å². The summed E-state index contributed by atoms with van der Waals surface area (Å²) in [6, 6.07) is 10.0. The average molecular weight is 310 g/mol. The van der Waals surface area contributed by atoms with Crippen LogP contribution in [0.5, 0.6) is 0 Å². The van der Waals surface area contributed by atoms with Gasteiger partial charge in [0.05, 0.1) is 23.1 Å². The number of anilines is 1. The van der Waals surface area contributed by atoms with Crippen molar-refractivity contribution in [1.82, 2.24) is 15.2 Å². The van der Waals surface area contributed by atoms with E-state index in [1.165, 1.54) is 18.3 Å². The van der Waals surface area contributed by atoms with Gasteiger partial charge in [0.15, 0.2) is 0 Å². The van der Waals surface area contributed by atoms with E-state index in [-0.39, 0.29) is 5.56 Å². The van der Waals surface area contributed by atoms with Crippen LogP contribution in [0.1, 0.15) is 22.8 Å². The maximum Gasteiger partial charge on any atom is 0.258 e. The number of amides is 1. The van der Waals surface area contributed by atoms with E-state index >= 15 is 0 Å². The molecule has 0 saturated heterocycles. The fourth-order valence-corrected chi connectivity index (χ4v) is 2.24. The van der Waals surface area contributed by atoms with Gasteiger partial charge in [0, 0.05) is 6.20 Å². The Morgan fingerprint density at radius 3 is 2.87 bits per heavy atom. The second-order valence-electron chi connectivity index (χ2n) is 5.00.